The van der Waals surface area contributed by atoms with E-state index in [0.29, 0.717) is 18.9 Å². The molecule has 0 spiro atoms. The van der Waals surface area contributed by atoms with Gasteiger partial charge in [-0.3, -0.25) is 9.78 Å². The Hall–Kier alpha value is -2.17. The highest BCUT2D eigenvalue weighted by Crippen LogP contribution is 1.97. The van der Waals surface area contributed by atoms with Crippen LogP contribution in [0, 0.1) is 0 Å². The molecule has 0 radical (unpaired) electrons. The van der Waals surface area contributed by atoms with Crippen LogP contribution in [-0.4, -0.2) is 21.1 Å². The van der Waals surface area contributed by atoms with Crippen molar-refractivity contribution in [3.63, 3.8) is 0 Å². The largest absolute Gasteiger partial charge is 0.365 e. The van der Waals surface area contributed by atoms with Crippen molar-refractivity contribution in [2.75, 3.05) is 11.9 Å². The molecule has 2 aromatic heterocycles. The number of hydrogen-bond donors (Lipinski definition) is 1. The molecule has 18 heavy (non-hydrogen) atoms. The van der Waals surface area contributed by atoms with Gasteiger partial charge in [0.2, 0.25) is 0 Å². The van der Waals surface area contributed by atoms with Gasteiger partial charge in [-0.05, 0) is 19.1 Å². The van der Waals surface area contributed by atoms with E-state index in [4.69, 9.17) is 0 Å². The summed E-state index contributed by atoms with van der Waals surface area (Å²) in [4.78, 5) is 20.1. The highest BCUT2D eigenvalue weighted by atomic mass is 16.1. The Morgan fingerprint density at radius 2 is 2.17 bits per heavy atom. The summed E-state index contributed by atoms with van der Waals surface area (Å²) in [5.74, 6) is 0.398. The molecule has 0 aromatic carbocycles. The number of aromatic nitrogens is 3. The van der Waals surface area contributed by atoms with E-state index in [0.717, 1.165) is 12.1 Å². The number of aryl methyl sites for hydroxylation is 1. The Labute approximate surface area is 106 Å². The standard InChI is InChI=1S/C13H16N4O/c1-2-17-10-9-16-12(13(17)18)15-8-6-11-5-3-4-7-14-11/h3-5,7,9-10H,2,6,8H2,1H3,(H,15,16). The van der Waals surface area contributed by atoms with Crippen molar-refractivity contribution in [2.24, 2.45) is 0 Å². The third-order valence-electron chi connectivity index (χ3n) is 2.65. The topological polar surface area (TPSA) is 59.8 Å². The average molecular weight is 244 g/mol. The maximum Gasteiger partial charge on any atom is 0.293 e. The fourth-order valence-electron chi connectivity index (χ4n) is 1.67. The zero-order chi connectivity index (χ0) is 12.8. The molecule has 0 bridgehead atoms. The minimum absolute atomic E-state index is 0.0824. The number of nitrogens with zero attached hydrogens (tertiary/aromatic N) is 3. The van der Waals surface area contributed by atoms with E-state index < -0.39 is 0 Å². The quantitative estimate of drug-likeness (QED) is 0.861. The molecule has 5 heteroatoms. The van der Waals surface area contributed by atoms with Gasteiger partial charge in [-0.2, -0.15) is 0 Å². The van der Waals surface area contributed by atoms with Crippen molar-refractivity contribution in [1.29, 1.82) is 0 Å². The summed E-state index contributed by atoms with van der Waals surface area (Å²) in [5, 5.41) is 3.05. The zero-order valence-electron chi connectivity index (χ0n) is 10.3. The Morgan fingerprint density at radius 1 is 1.28 bits per heavy atom. The molecule has 2 heterocycles. The number of rotatable bonds is 5. The second-order valence-corrected chi connectivity index (χ2v) is 3.86. The van der Waals surface area contributed by atoms with Crippen molar-refractivity contribution in [3.05, 3.63) is 52.8 Å². The van der Waals surface area contributed by atoms with Crippen LogP contribution in [0.4, 0.5) is 5.82 Å². The van der Waals surface area contributed by atoms with E-state index in [-0.39, 0.29) is 5.56 Å². The van der Waals surface area contributed by atoms with Gasteiger partial charge < -0.3 is 9.88 Å². The van der Waals surface area contributed by atoms with Gasteiger partial charge in [0.15, 0.2) is 5.82 Å². The molecule has 0 fully saturated rings. The third-order valence-corrected chi connectivity index (χ3v) is 2.65. The summed E-state index contributed by atoms with van der Waals surface area (Å²) in [6.07, 6.45) is 5.85. The first kappa shape index (κ1) is 12.3. The minimum atomic E-state index is -0.0824. The van der Waals surface area contributed by atoms with Crippen LogP contribution in [0.1, 0.15) is 12.6 Å². The van der Waals surface area contributed by atoms with Crippen LogP contribution >= 0.6 is 0 Å². The molecule has 94 valence electrons. The van der Waals surface area contributed by atoms with Crippen LogP contribution in [-0.2, 0) is 13.0 Å². The van der Waals surface area contributed by atoms with Crippen LogP contribution in [0.5, 0.6) is 0 Å². The fourth-order valence-corrected chi connectivity index (χ4v) is 1.67. The number of nitrogens with one attached hydrogen (secondary N) is 1. The molecule has 0 aliphatic carbocycles. The van der Waals surface area contributed by atoms with Gasteiger partial charge in [0.1, 0.15) is 0 Å². The monoisotopic (exact) mass is 244 g/mol. The molecule has 0 unspecified atom stereocenters. The van der Waals surface area contributed by atoms with Crippen molar-refractivity contribution < 1.29 is 0 Å². The van der Waals surface area contributed by atoms with Gasteiger partial charge in [0.25, 0.3) is 5.56 Å². The Morgan fingerprint density at radius 3 is 2.89 bits per heavy atom. The maximum absolute atomic E-state index is 11.9. The predicted molar refractivity (Wildman–Crippen MR) is 70.6 cm³/mol. The number of hydrogen-bond acceptors (Lipinski definition) is 4. The van der Waals surface area contributed by atoms with Gasteiger partial charge in [0, 0.05) is 43.8 Å². The molecular weight excluding hydrogens is 228 g/mol. The summed E-state index contributed by atoms with van der Waals surface area (Å²) in [6, 6.07) is 5.80. The molecule has 0 saturated carbocycles. The third kappa shape index (κ3) is 2.94. The lowest BCUT2D eigenvalue weighted by Crippen LogP contribution is -2.24. The summed E-state index contributed by atoms with van der Waals surface area (Å²) >= 11 is 0. The SMILES string of the molecule is CCn1ccnc(NCCc2ccccn2)c1=O. The molecule has 2 rings (SSSR count). The van der Waals surface area contributed by atoms with Gasteiger partial charge in [-0.15, -0.1) is 0 Å². The number of pyridine rings is 1. The summed E-state index contributed by atoms with van der Waals surface area (Å²) < 4.78 is 1.62. The summed E-state index contributed by atoms with van der Waals surface area (Å²) in [6.45, 7) is 3.22. The lowest BCUT2D eigenvalue weighted by atomic mass is 10.3. The maximum atomic E-state index is 11.9. The number of anilines is 1. The second-order valence-electron chi connectivity index (χ2n) is 3.86. The Balaban J connectivity index is 1.97. The highest BCUT2D eigenvalue weighted by molar-refractivity contribution is 5.30. The molecule has 0 aliphatic heterocycles. The van der Waals surface area contributed by atoms with Crippen molar-refractivity contribution in [3.8, 4) is 0 Å². The molecular formula is C13H16N4O. The van der Waals surface area contributed by atoms with Gasteiger partial charge >= 0.3 is 0 Å². The fraction of sp³-hybridized carbons (Fsp3) is 0.308. The van der Waals surface area contributed by atoms with Crippen LogP contribution in [0.3, 0.4) is 0 Å². The smallest absolute Gasteiger partial charge is 0.293 e. The Kier molecular flexibility index (Phi) is 4.06. The molecule has 0 atom stereocenters. The predicted octanol–water partition coefficient (Wildman–Crippen LogP) is 1.31. The average Bonchev–Trinajstić information content (AvgIpc) is 2.42. The first-order valence-corrected chi connectivity index (χ1v) is 6.00. The van der Waals surface area contributed by atoms with Gasteiger partial charge in [-0.1, -0.05) is 6.07 Å². The Bertz CT molecular complexity index is 550. The summed E-state index contributed by atoms with van der Waals surface area (Å²) in [7, 11) is 0. The minimum Gasteiger partial charge on any atom is -0.365 e. The van der Waals surface area contributed by atoms with Gasteiger partial charge in [-0.25, -0.2) is 4.98 Å². The molecule has 0 saturated heterocycles. The van der Waals surface area contributed by atoms with E-state index in [1.807, 2.05) is 25.1 Å². The van der Waals surface area contributed by atoms with Crippen LogP contribution in [0.2, 0.25) is 0 Å². The van der Waals surface area contributed by atoms with Crippen molar-refractivity contribution in [1.82, 2.24) is 14.5 Å². The summed E-state index contributed by atoms with van der Waals surface area (Å²) in [5.41, 5.74) is 0.915. The normalized spacial score (nSPS) is 10.3. The molecule has 5 nitrogen and oxygen atoms in total. The van der Waals surface area contributed by atoms with E-state index in [1.54, 1.807) is 23.2 Å². The molecule has 0 amide bonds. The van der Waals surface area contributed by atoms with E-state index >= 15 is 0 Å². The first-order chi connectivity index (χ1) is 8.81. The van der Waals surface area contributed by atoms with Crippen molar-refractivity contribution in [2.45, 2.75) is 19.9 Å². The van der Waals surface area contributed by atoms with E-state index in [1.165, 1.54) is 0 Å². The van der Waals surface area contributed by atoms with E-state index in [2.05, 4.69) is 15.3 Å². The van der Waals surface area contributed by atoms with Crippen LogP contribution < -0.4 is 10.9 Å². The molecule has 1 N–H and O–H groups in total. The zero-order valence-corrected chi connectivity index (χ0v) is 10.3. The lowest BCUT2D eigenvalue weighted by molar-refractivity contribution is 0.718. The lowest BCUT2D eigenvalue weighted by Gasteiger charge is -2.06. The van der Waals surface area contributed by atoms with E-state index in [9.17, 15) is 4.79 Å². The van der Waals surface area contributed by atoms with Gasteiger partial charge in [0.05, 0.1) is 0 Å². The first-order valence-electron chi connectivity index (χ1n) is 6.00. The van der Waals surface area contributed by atoms with Crippen molar-refractivity contribution >= 4 is 5.82 Å². The van der Waals surface area contributed by atoms with Crippen LogP contribution in [0.25, 0.3) is 0 Å². The highest BCUT2D eigenvalue weighted by Gasteiger charge is 2.02. The molecule has 2 aromatic rings. The van der Waals surface area contributed by atoms with Crippen LogP contribution in [0.15, 0.2) is 41.6 Å². The second kappa shape index (κ2) is 5.95. The molecule has 0 aliphatic rings.